The van der Waals surface area contributed by atoms with E-state index >= 15 is 0 Å². The minimum atomic E-state index is 0.543. The molecular formula is C18H36N2. The second-order valence-corrected chi connectivity index (χ2v) is 8.53. The molecule has 2 heteroatoms. The van der Waals surface area contributed by atoms with E-state index in [4.69, 9.17) is 0 Å². The van der Waals surface area contributed by atoms with Gasteiger partial charge in [0.2, 0.25) is 0 Å². The summed E-state index contributed by atoms with van der Waals surface area (Å²) in [6, 6.07) is 0. The SMILES string of the molecule is CNCC1(CN2CCCC(C)(C)CC2)CCCC(C)C1. The lowest BCUT2D eigenvalue weighted by Crippen LogP contribution is -2.46. The topological polar surface area (TPSA) is 15.3 Å². The zero-order valence-electron chi connectivity index (χ0n) is 14.3. The predicted octanol–water partition coefficient (Wildman–Crippen LogP) is 3.91. The fourth-order valence-electron chi connectivity index (χ4n) is 4.62. The van der Waals surface area contributed by atoms with E-state index in [1.807, 2.05) is 0 Å². The molecule has 0 spiro atoms. The summed E-state index contributed by atoms with van der Waals surface area (Å²) in [6.45, 7) is 12.5. The van der Waals surface area contributed by atoms with Crippen LogP contribution in [0.3, 0.4) is 0 Å². The molecule has 2 rings (SSSR count). The van der Waals surface area contributed by atoms with Gasteiger partial charge in [-0.15, -0.1) is 0 Å². The molecule has 1 saturated carbocycles. The summed E-state index contributed by atoms with van der Waals surface area (Å²) in [5, 5.41) is 3.49. The van der Waals surface area contributed by atoms with Crippen molar-refractivity contribution in [3.8, 4) is 0 Å². The highest BCUT2D eigenvalue weighted by atomic mass is 15.1. The molecule has 1 N–H and O–H groups in total. The van der Waals surface area contributed by atoms with Crippen molar-refractivity contribution in [2.75, 3.05) is 33.2 Å². The third-order valence-electron chi connectivity index (χ3n) is 5.73. The van der Waals surface area contributed by atoms with Crippen LogP contribution < -0.4 is 5.32 Å². The molecular weight excluding hydrogens is 244 g/mol. The molecule has 2 unspecified atom stereocenters. The van der Waals surface area contributed by atoms with Crippen molar-refractivity contribution in [2.45, 2.75) is 65.7 Å². The van der Waals surface area contributed by atoms with Crippen LogP contribution in [0, 0.1) is 16.7 Å². The Balaban J connectivity index is 1.97. The Morgan fingerprint density at radius 3 is 2.60 bits per heavy atom. The first kappa shape index (κ1) is 16.3. The van der Waals surface area contributed by atoms with Crippen molar-refractivity contribution in [3.63, 3.8) is 0 Å². The minimum Gasteiger partial charge on any atom is -0.319 e. The lowest BCUT2D eigenvalue weighted by Gasteiger charge is -2.43. The maximum absolute atomic E-state index is 3.49. The van der Waals surface area contributed by atoms with Crippen LogP contribution in [0.2, 0.25) is 0 Å². The van der Waals surface area contributed by atoms with Crippen LogP contribution >= 0.6 is 0 Å². The minimum absolute atomic E-state index is 0.543. The van der Waals surface area contributed by atoms with Gasteiger partial charge in [0.25, 0.3) is 0 Å². The smallest absolute Gasteiger partial charge is 0.00502 e. The van der Waals surface area contributed by atoms with Crippen LogP contribution in [0.1, 0.15) is 65.7 Å². The Bertz CT molecular complexity index is 296. The summed E-state index contributed by atoms with van der Waals surface area (Å²) in [4.78, 5) is 2.78. The van der Waals surface area contributed by atoms with E-state index in [1.54, 1.807) is 0 Å². The molecule has 0 aromatic rings. The molecule has 1 saturated heterocycles. The molecule has 0 amide bonds. The predicted molar refractivity (Wildman–Crippen MR) is 88.1 cm³/mol. The molecule has 118 valence electrons. The highest BCUT2D eigenvalue weighted by Gasteiger charge is 2.36. The summed E-state index contributed by atoms with van der Waals surface area (Å²) < 4.78 is 0. The number of nitrogens with zero attached hydrogens (tertiary/aromatic N) is 1. The van der Waals surface area contributed by atoms with Gasteiger partial charge >= 0.3 is 0 Å². The van der Waals surface area contributed by atoms with Crippen molar-refractivity contribution < 1.29 is 0 Å². The molecule has 20 heavy (non-hydrogen) atoms. The van der Waals surface area contributed by atoms with Gasteiger partial charge in [0.05, 0.1) is 0 Å². The van der Waals surface area contributed by atoms with Crippen LogP contribution in [0.25, 0.3) is 0 Å². The summed E-state index contributed by atoms with van der Waals surface area (Å²) in [7, 11) is 2.13. The number of hydrogen-bond donors (Lipinski definition) is 1. The second kappa shape index (κ2) is 6.79. The first-order chi connectivity index (χ1) is 9.45. The third kappa shape index (κ3) is 4.46. The van der Waals surface area contributed by atoms with Gasteiger partial charge < -0.3 is 10.2 Å². The normalized spacial score (nSPS) is 35.7. The highest BCUT2D eigenvalue weighted by Crippen LogP contribution is 2.40. The molecule has 0 aromatic heterocycles. The van der Waals surface area contributed by atoms with E-state index in [0.29, 0.717) is 10.8 Å². The van der Waals surface area contributed by atoms with Crippen LogP contribution in [0.15, 0.2) is 0 Å². The average molecular weight is 280 g/mol. The summed E-state index contributed by atoms with van der Waals surface area (Å²) in [5.74, 6) is 0.917. The Morgan fingerprint density at radius 2 is 1.90 bits per heavy atom. The largest absolute Gasteiger partial charge is 0.319 e. The first-order valence-electron chi connectivity index (χ1n) is 8.82. The number of hydrogen-bond acceptors (Lipinski definition) is 2. The van der Waals surface area contributed by atoms with Gasteiger partial charge in [-0.3, -0.25) is 0 Å². The van der Waals surface area contributed by atoms with Gasteiger partial charge in [0.1, 0.15) is 0 Å². The Labute approximate surface area is 126 Å². The van der Waals surface area contributed by atoms with Crippen molar-refractivity contribution >= 4 is 0 Å². The quantitative estimate of drug-likeness (QED) is 0.840. The third-order valence-corrected chi connectivity index (χ3v) is 5.73. The summed E-state index contributed by atoms with van der Waals surface area (Å²) in [6.07, 6.45) is 9.89. The van der Waals surface area contributed by atoms with Crippen molar-refractivity contribution in [1.82, 2.24) is 10.2 Å². The highest BCUT2D eigenvalue weighted by molar-refractivity contribution is 4.90. The molecule has 2 aliphatic rings. The van der Waals surface area contributed by atoms with Gasteiger partial charge in [0.15, 0.2) is 0 Å². The van der Waals surface area contributed by atoms with Crippen LogP contribution in [-0.4, -0.2) is 38.1 Å². The van der Waals surface area contributed by atoms with E-state index in [1.165, 1.54) is 71.1 Å². The molecule has 0 radical (unpaired) electrons. The van der Waals surface area contributed by atoms with Gasteiger partial charge in [-0.2, -0.15) is 0 Å². The van der Waals surface area contributed by atoms with E-state index < -0.39 is 0 Å². The maximum atomic E-state index is 3.49. The summed E-state index contributed by atoms with van der Waals surface area (Å²) >= 11 is 0. The molecule has 2 atom stereocenters. The van der Waals surface area contributed by atoms with Gasteiger partial charge in [-0.1, -0.05) is 33.6 Å². The number of rotatable bonds is 4. The van der Waals surface area contributed by atoms with E-state index in [9.17, 15) is 0 Å². The molecule has 1 heterocycles. The standard InChI is InChI=1S/C18H36N2/c1-16-7-5-9-18(13-16,14-19-4)15-20-11-6-8-17(2,3)10-12-20/h16,19H,5-15H2,1-4H3. The van der Waals surface area contributed by atoms with Gasteiger partial charge in [-0.05, 0) is 69.0 Å². The van der Waals surface area contributed by atoms with Crippen molar-refractivity contribution in [3.05, 3.63) is 0 Å². The second-order valence-electron chi connectivity index (χ2n) is 8.53. The Hall–Kier alpha value is -0.0800. The molecule has 0 bridgehead atoms. The average Bonchev–Trinajstić information content (AvgIpc) is 2.51. The molecule has 0 aromatic carbocycles. The fourth-order valence-corrected chi connectivity index (χ4v) is 4.62. The Morgan fingerprint density at radius 1 is 1.10 bits per heavy atom. The summed E-state index contributed by atoms with van der Waals surface area (Å²) in [5.41, 5.74) is 1.10. The lowest BCUT2D eigenvalue weighted by molar-refractivity contribution is 0.0819. The molecule has 1 aliphatic carbocycles. The molecule has 1 aliphatic heterocycles. The fraction of sp³-hybridized carbons (Fsp3) is 1.00. The maximum Gasteiger partial charge on any atom is 0.00502 e. The zero-order chi connectivity index (χ0) is 14.6. The van der Waals surface area contributed by atoms with Crippen molar-refractivity contribution in [1.29, 1.82) is 0 Å². The van der Waals surface area contributed by atoms with Crippen molar-refractivity contribution in [2.24, 2.45) is 16.7 Å². The molecule has 2 fully saturated rings. The van der Waals surface area contributed by atoms with E-state index in [-0.39, 0.29) is 0 Å². The Kier molecular flexibility index (Phi) is 5.53. The first-order valence-corrected chi connectivity index (χ1v) is 8.82. The lowest BCUT2D eigenvalue weighted by atomic mass is 9.69. The zero-order valence-corrected chi connectivity index (χ0v) is 14.3. The number of nitrogens with one attached hydrogen (secondary N) is 1. The number of likely N-dealkylation sites (tertiary alicyclic amines) is 1. The van der Waals surface area contributed by atoms with E-state index in [0.717, 1.165) is 5.92 Å². The van der Waals surface area contributed by atoms with Crippen LogP contribution in [0.5, 0.6) is 0 Å². The molecule has 2 nitrogen and oxygen atoms in total. The monoisotopic (exact) mass is 280 g/mol. The van der Waals surface area contributed by atoms with Gasteiger partial charge in [0, 0.05) is 13.1 Å². The van der Waals surface area contributed by atoms with Gasteiger partial charge in [-0.25, -0.2) is 0 Å². The van der Waals surface area contributed by atoms with E-state index in [2.05, 4.69) is 38.0 Å². The van der Waals surface area contributed by atoms with Crippen LogP contribution in [0.4, 0.5) is 0 Å². The van der Waals surface area contributed by atoms with Crippen LogP contribution in [-0.2, 0) is 0 Å².